The van der Waals surface area contributed by atoms with Gasteiger partial charge in [-0.1, -0.05) is 50.5 Å². The average molecular weight is 231 g/mol. The van der Waals surface area contributed by atoms with E-state index in [2.05, 4.69) is 51.2 Å². The number of rotatable bonds is 3. The Hall–Kier alpha value is -0.820. The van der Waals surface area contributed by atoms with Crippen molar-refractivity contribution >= 4 is 0 Å². The van der Waals surface area contributed by atoms with E-state index in [1.54, 1.807) is 11.1 Å². The van der Waals surface area contributed by atoms with Crippen molar-refractivity contribution in [1.82, 2.24) is 5.32 Å². The minimum Gasteiger partial charge on any atom is -0.307 e. The zero-order chi connectivity index (χ0) is 12.4. The molecule has 0 fully saturated rings. The third-order valence-electron chi connectivity index (χ3n) is 4.15. The van der Waals surface area contributed by atoms with Gasteiger partial charge in [0, 0.05) is 12.1 Å². The largest absolute Gasteiger partial charge is 0.307 e. The minimum atomic E-state index is 0.559. The van der Waals surface area contributed by atoms with Crippen molar-refractivity contribution < 1.29 is 0 Å². The molecule has 0 spiro atoms. The van der Waals surface area contributed by atoms with Gasteiger partial charge in [-0.05, 0) is 37.3 Å². The van der Waals surface area contributed by atoms with E-state index >= 15 is 0 Å². The van der Waals surface area contributed by atoms with Gasteiger partial charge >= 0.3 is 0 Å². The molecule has 2 atom stereocenters. The molecule has 2 unspecified atom stereocenters. The fourth-order valence-corrected chi connectivity index (χ4v) is 3.12. The van der Waals surface area contributed by atoms with Crippen molar-refractivity contribution in [3.63, 3.8) is 0 Å². The van der Waals surface area contributed by atoms with Gasteiger partial charge in [0.15, 0.2) is 0 Å². The van der Waals surface area contributed by atoms with Crippen LogP contribution in [0.15, 0.2) is 18.2 Å². The molecule has 1 aliphatic rings. The molecule has 0 aromatic heterocycles. The molecule has 0 radical (unpaired) electrons. The number of hydrogen-bond acceptors (Lipinski definition) is 1. The van der Waals surface area contributed by atoms with Crippen molar-refractivity contribution in [1.29, 1.82) is 0 Å². The number of fused-ring (bicyclic) bond motifs is 1. The van der Waals surface area contributed by atoms with Crippen molar-refractivity contribution in [2.24, 2.45) is 5.92 Å². The summed E-state index contributed by atoms with van der Waals surface area (Å²) >= 11 is 0. The highest BCUT2D eigenvalue weighted by Gasteiger charge is 2.28. The second-order valence-corrected chi connectivity index (χ2v) is 5.53. The number of benzene rings is 1. The summed E-state index contributed by atoms with van der Waals surface area (Å²) in [6, 6.07) is 8.13. The molecule has 2 rings (SSSR count). The number of nitrogens with one attached hydrogen (secondary N) is 1. The monoisotopic (exact) mass is 231 g/mol. The van der Waals surface area contributed by atoms with Crippen molar-refractivity contribution in [2.45, 2.75) is 59.0 Å². The van der Waals surface area contributed by atoms with Gasteiger partial charge in [-0.2, -0.15) is 0 Å². The number of hydrogen-bond donors (Lipinski definition) is 1. The van der Waals surface area contributed by atoms with Crippen LogP contribution >= 0.6 is 0 Å². The molecule has 0 aliphatic carbocycles. The molecule has 94 valence electrons. The van der Waals surface area contributed by atoms with Gasteiger partial charge in [0.1, 0.15) is 0 Å². The van der Waals surface area contributed by atoms with Crippen LogP contribution in [0.2, 0.25) is 0 Å². The van der Waals surface area contributed by atoms with Crippen LogP contribution in [0.3, 0.4) is 0 Å². The molecule has 0 bridgehead atoms. The lowest BCUT2D eigenvalue weighted by atomic mass is 9.81. The first-order chi connectivity index (χ1) is 8.15. The lowest BCUT2D eigenvalue weighted by molar-refractivity contribution is 0.297. The zero-order valence-corrected chi connectivity index (χ0v) is 11.6. The summed E-state index contributed by atoms with van der Waals surface area (Å²) in [5, 5.41) is 3.80. The molecule has 0 saturated heterocycles. The molecule has 17 heavy (non-hydrogen) atoms. The van der Waals surface area contributed by atoms with E-state index in [1.165, 1.54) is 24.8 Å². The van der Waals surface area contributed by atoms with E-state index in [9.17, 15) is 0 Å². The topological polar surface area (TPSA) is 12.0 Å². The Morgan fingerprint density at radius 1 is 1.29 bits per heavy atom. The summed E-state index contributed by atoms with van der Waals surface area (Å²) in [5.41, 5.74) is 4.49. The fraction of sp³-hybridized carbons (Fsp3) is 0.625. The first-order valence-corrected chi connectivity index (χ1v) is 7.01. The van der Waals surface area contributed by atoms with Crippen LogP contribution in [-0.2, 0) is 6.42 Å². The van der Waals surface area contributed by atoms with Crippen LogP contribution in [0.4, 0.5) is 0 Å². The molecule has 1 aromatic carbocycles. The summed E-state index contributed by atoms with van der Waals surface area (Å²) < 4.78 is 0. The van der Waals surface area contributed by atoms with Crippen LogP contribution in [-0.4, -0.2) is 6.04 Å². The summed E-state index contributed by atoms with van der Waals surface area (Å²) in [6.45, 7) is 9.12. The van der Waals surface area contributed by atoms with Gasteiger partial charge in [-0.25, -0.2) is 0 Å². The van der Waals surface area contributed by atoms with Gasteiger partial charge < -0.3 is 5.32 Å². The Morgan fingerprint density at radius 3 is 2.65 bits per heavy atom. The summed E-state index contributed by atoms with van der Waals surface area (Å²) in [6.07, 6.45) is 3.69. The molecule has 1 aliphatic heterocycles. The Balaban J connectivity index is 2.38. The van der Waals surface area contributed by atoms with Crippen LogP contribution in [0.5, 0.6) is 0 Å². The fourth-order valence-electron chi connectivity index (χ4n) is 3.12. The highest BCUT2D eigenvalue weighted by Crippen LogP contribution is 2.34. The Labute approximate surface area is 106 Å². The van der Waals surface area contributed by atoms with Gasteiger partial charge in [0.05, 0.1) is 0 Å². The minimum absolute atomic E-state index is 0.559. The summed E-state index contributed by atoms with van der Waals surface area (Å²) in [7, 11) is 0. The molecular formula is C16H25N. The molecular weight excluding hydrogens is 206 g/mol. The SMILES string of the molecule is CCC(CC)C1NC(C)Cc2ccc(C)cc21. The Kier molecular flexibility index (Phi) is 3.88. The number of aryl methyl sites for hydroxylation is 1. The van der Waals surface area contributed by atoms with E-state index in [-0.39, 0.29) is 0 Å². The molecule has 0 saturated carbocycles. The highest BCUT2D eigenvalue weighted by molar-refractivity contribution is 5.37. The van der Waals surface area contributed by atoms with E-state index < -0.39 is 0 Å². The first kappa shape index (κ1) is 12.6. The Bertz CT molecular complexity index is 379. The lowest BCUT2D eigenvalue weighted by Gasteiger charge is -2.36. The van der Waals surface area contributed by atoms with Crippen LogP contribution in [0.1, 0.15) is 56.3 Å². The third-order valence-corrected chi connectivity index (χ3v) is 4.15. The van der Waals surface area contributed by atoms with Crippen LogP contribution in [0, 0.1) is 12.8 Å². The van der Waals surface area contributed by atoms with Crippen molar-refractivity contribution in [2.75, 3.05) is 0 Å². The second-order valence-electron chi connectivity index (χ2n) is 5.53. The quantitative estimate of drug-likeness (QED) is 0.829. The Morgan fingerprint density at radius 2 is 2.00 bits per heavy atom. The maximum absolute atomic E-state index is 3.80. The standard InChI is InChI=1S/C16H25N/c1-5-13(6-2)16-15-9-11(3)7-8-14(15)10-12(4)17-16/h7-9,12-13,16-17H,5-6,10H2,1-4H3. The molecule has 0 amide bonds. The van der Waals surface area contributed by atoms with Crippen LogP contribution in [0.25, 0.3) is 0 Å². The highest BCUT2D eigenvalue weighted by atomic mass is 15.0. The lowest BCUT2D eigenvalue weighted by Crippen LogP contribution is -2.40. The molecule has 1 nitrogen and oxygen atoms in total. The third kappa shape index (κ3) is 2.55. The maximum Gasteiger partial charge on any atom is 0.0353 e. The predicted octanol–water partition coefficient (Wildman–Crippen LogP) is 4.01. The summed E-state index contributed by atoms with van der Waals surface area (Å²) in [4.78, 5) is 0. The smallest absolute Gasteiger partial charge is 0.0353 e. The van der Waals surface area contributed by atoms with E-state index in [0.29, 0.717) is 12.1 Å². The normalized spacial score (nSPS) is 23.8. The molecule has 1 heteroatoms. The molecule has 1 heterocycles. The second kappa shape index (κ2) is 5.22. The van der Waals surface area contributed by atoms with E-state index in [1.807, 2.05) is 0 Å². The molecule has 1 N–H and O–H groups in total. The maximum atomic E-state index is 3.80. The van der Waals surface area contributed by atoms with Gasteiger partial charge in [-0.15, -0.1) is 0 Å². The van der Waals surface area contributed by atoms with Crippen molar-refractivity contribution in [3.8, 4) is 0 Å². The van der Waals surface area contributed by atoms with Crippen molar-refractivity contribution in [3.05, 3.63) is 34.9 Å². The van der Waals surface area contributed by atoms with Gasteiger partial charge in [0.2, 0.25) is 0 Å². The summed E-state index contributed by atoms with van der Waals surface area (Å²) in [5.74, 6) is 0.762. The first-order valence-electron chi connectivity index (χ1n) is 7.01. The van der Waals surface area contributed by atoms with E-state index in [4.69, 9.17) is 0 Å². The van der Waals surface area contributed by atoms with E-state index in [0.717, 1.165) is 5.92 Å². The predicted molar refractivity (Wildman–Crippen MR) is 74.3 cm³/mol. The van der Waals surface area contributed by atoms with Gasteiger partial charge in [-0.3, -0.25) is 0 Å². The molecule has 1 aromatic rings. The zero-order valence-electron chi connectivity index (χ0n) is 11.6. The van der Waals surface area contributed by atoms with Crippen LogP contribution < -0.4 is 5.32 Å². The average Bonchev–Trinajstić information content (AvgIpc) is 2.31. The van der Waals surface area contributed by atoms with Gasteiger partial charge in [0.25, 0.3) is 0 Å².